The number of nitrogens with zero attached hydrogens (tertiary/aromatic N) is 1. The highest BCUT2D eigenvalue weighted by Gasteiger charge is 2.14. The largest absolute Gasteiger partial charge is 0.466 e. The van der Waals surface area contributed by atoms with Crippen molar-refractivity contribution in [3.05, 3.63) is 0 Å². The zero-order chi connectivity index (χ0) is 11.8. The Hall–Kier alpha value is -0.650. The molecule has 2 N–H and O–H groups in total. The summed E-state index contributed by atoms with van der Waals surface area (Å²) < 4.78 is 10.1. The molecule has 0 amide bonds. The lowest BCUT2D eigenvalue weighted by Gasteiger charge is -2.28. The average molecular weight is 230 g/mol. The number of carbonyl (C=O) groups excluding carboxylic acids is 1. The Morgan fingerprint density at radius 1 is 1.50 bits per heavy atom. The molecule has 1 unspecified atom stereocenters. The second-order valence-corrected chi connectivity index (χ2v) is 4.02. The number of ether oxygens (including phenoxy) is 2. The van der Waals surface area contributed by atoms with Crippen LogP contribution >= 0.6 is 0 Å². The number of hydrogen-bond donors (Lipinski definition) is 1. The zero-order valence-electron chi connectivity index (χ0n) is 9.98. The molecule has 0 aliphatic carbocycles. The van der Waals surface area contributed by atoms with Crippen molar-refractivity contribution in [2.45, 2.75) is 25.8 Å². The van der Waals surface area contributed by atoms with Crippen LogP contribution in [0.3, 0.4) is 0 Å². The van der Waals surface area contributed by atoms with E-state index in [2.05, 4.69) is 4.90 Å². The van der Waals surface area contributed by atoms with Gasteiger partial charge < -0.3 is 15.2 Å². The summed E-state index contributed by atoms with van der Waals surface area (Å²) in [5.74, 6) is -0.153. The third kappa shape index (κ3) is 5.44. The second kappa shape index (κ2) is 7.60. The summed E-state index contributed by atoms with van der Waals surface area (Å²) in [4.78, 5) is 13.4. The van der Waals surface area contributed by atoms with Crippen LogP contribution in [0.5, 0.6) is 0 Å². The van der Waals surface area contributed by atoms with E-state index in [9.17, 15) is 4.79 Å². The summed E-state index contributed by atoms with van der Waals surface area (Å²) in [7, 11) is 0. The number of rotatable bonds is 6. The van der Waals surface area contributed by atoms with Crippen molar-refractivity contribution in [3.63, 3.8) is 0 Å². The summed E-state index contributed by atoms with van der Waals surface area (Å²) in [6, 6.07) is 0.0440. The molecule has 0 spiro atoms. The van der Waals surface area contributed by atoms with Gasteiger partial charge in [-0.1, -0.05) is 0 Å². The maximum absolute atomic E-state index is 11.1. The number of hydrogen-bond acceptors (Lipinski definition) is 5. The van der Waals surface area contributed by atoms with Gasteiger partial charge >= 0.3 is 5.97 Å². The maximum atomic E-state index is 11.1. The molecule has 1 aliphatic rings. The molecule has 1 heterocycles. The Morgan fingerprint density at radius 2 is 2.19 bits per heavy atom. The maximum Gasteiger partial charge on any atom is 0.305 e. The summed E-state index contributed by atoms with van der Waals surface area (Å²) in [6.07, 6.45) is 1.11. The normalized spacial score (nSPS) is 19.4. The molecule has 16 heavy (non-hydrogen) atoms. The van der Waals surface area contributed by atoms with E-state index in [0.717, 1.165) is 32.8 Å². The lowest BCUT2D eigenvalue weighted by molar-refractivity contribution is -0.143. The van der Waals surface area contributed by atoms with Gasteiger partial charge in [-0.2, -0.15) is 0 Å². The predicted molar refractivity (Wildman–Crippen MR) is 61.1 cm³/mol. The van der Waals surface area contributed by atoms with Gasteiger partial charge in [-0.25, -0.2) is 0 Å². The first-order valence-corrected chi connectivity index (χ1v) is 5.93. The minimum atomic E-state index is -0.153. The predicted octanol–water partition coefficient (Wildman–Crippen LogP) is -0.0108. The molecule has 0 aromatic heterocycles. The zero-order valence-corrected chi connectivity index (χ0v) is 9.98. The molecule has 0 saturated carbocycles. The molecule has 0 radical (unpaired) electrons. The Bertz CT molecular complexity index is 205. The van der Waals surface area contributed by atoms with Crippen LogP contribution in [-0.4, -0.2) is 56.4 Å². The van der Waals surface area contributed by atoms with E-state index >= 15 is 0 Å². The van der Waals surface area contributed by atoms with E-state index < -0.39 is 0 Å². The first kappa shape index (κ1) is 13.4. The molecule has 1 fully saturated rings. The van der Waals surface area contributed by atoms with Crippen molar-refractivity contribution < 1.29 is 14.3 Å². The van der Waals surface area contributed by atoms with Crippen molar-refractivity contribution in [3.8, 4) is 0 Å². The van der Waals surface area contributed by atoms with Crippen LogP contribution in [0.2, 0.25) is 0 Å². The third-order valence-electron chi connectivity index (χ3n) is 2.62. The highest BCUT2D eigenvalue weighted by molar-refractivity contribution is 5.69. The molecule has 94 valence electrons. The van der Waals surface area contributed by atoms with Gasteiger partial charge in [0.05, 0.1) is 19.8 Å². The van der Waals surface area contributed by atoms with E-state index in [1.54, 1.807) is 0 Å². The van der Waals surface area contributed by atoms with Crippen LogP contribution in [0.25, 0.3) is 0 Å². The van der Waals surface area contributed by atoms with Crippen molar-refractivity contribution in [1.82, 2.24) is 4.90 Å². The van der Waals surface area contributed by atoms with Crippen LogP contribution in [0.15, 0.2) is 0 Å². The summed E-state index contributed by atoms with van der Waals surface area (Å²) >= 11 is 0. The van der Waals surface area contributed by atoms with Crippen LogP contribution in [0, 0.1) is 0 Å². The molecule has 5 nitrogen and oxygen atoms in total. The minimum absolute atomic E-state index is 0.0440. The number of morpholine rings is 1. The van der Waals surface area contributed by atoms with Gasteiger partial charge in [-0.15, -0.1) is 0 Å². The Kier molecular flexibility index (Phi) is 6.37. The third-order valence-corrected chi connectivity index (χ3v) is 2.62. The smallest absolute Gasteiger partial charge is 0.305 e. The molecular formula is C11H22N2O3. The van der Waals surface area contributed by atoms with Gasteiger partial charge in [-0.05, 0) is 13.3 Å². The number of carbonyl (C=O) groups is 1. The van der Waals surface area contributed by atoms with Crippen molar-refractivity contribution in [2.75, 3.05) is 39.5 Å². The summed E-state index contributed by atoms with van der Waals surface area (Å²) in [5, 5.41) is 0. The first-order chi connectivity index (χ1) is 7.72. The van der Waals surface area contributed by atoms with Gasteiger partial charge in [0, 0.05) is 32.1 Å². The van der Waals surface area contributed by atoms with Crippen LogP contribution in [0.1, 0.15) is 19.8 Å². The van der Waals surface area contributed by atoms with Crippen LogP contribution in [-0.2, 0) is 14.3 Å². The highest BCUT2D eigenvalue weighted by atomic mass is 16.5. The molecule has 0 aromatic rings. The van der Waals surface area contributed by atoms with Crippen molar-refractivity contribution in [1.29, 1.82) is 0 Å². The van der Waals surface area contributed by atoms with E-state index in [1.807, 2.05) is 6.92 Å². The fraction of sp³-hybridized carbons (Fsp3) is 0.909. The molecule has 0 bridgehead atoms. The van der Waals surface area contributed by atoms with Gasteiger partial charge in [0.2, 0.25) is 0 Å². The van der Waals surface area contributed by atoms with Crippen molar-refractivity contribution >= 4 is 5.97 Å². The Labute approximate surface area is 96.9 Å². The summed E-state index contributed by atoms with van der Waals surface area (Å²) in [6.45, 7) is 6.53. The number of esters is 1. The van der Waals surface area contributed by atoms with Crippen molar-refractivity contribution in [2.24, 2.45) is 5.73 Å². The van der Waals surface area contributed by atoms with Crippen LogP contribution < -0.4 is 5.73 Å². The Morgan fingerprint density at radius 3 is 2.81 bits per heavy atom. The molecule has 5 heteroatoms. The molecule has 1 rings (SSSR count). The fourth-order valence-electron chi connectivity index (χ4n) is 1.74. The van der Waals surface area contributed by atoms with Gasteiger partial charge in [0.15, 0.2) is 0 Å². The topological polar surface area (TPSA) is 64.8 Å². The van der Waals surface area contributed by atoms with Gasteiger partial charge in [-0.3, -0.25) is 9.69 Å². The fourth-order valence-corrected chi connectivity index (χ4v) is 1.74. The van der Waals surface area contributed by atoms with E-state index in [4.69, 9.17) is 15.2 Å². The SMILES string of the molecule is CCOC(=O)CCC(N)CN1CCOCC1. The number of nitrogens with two attached hydrogens (primary N) is 1. The second-order valence-electron chi connectivity index (χ2n) is 4.02. The van der Waals surface area contributed by atoms with Crippen LogP contribution in [0.4, 0.5) is 0 Å². The molecular weight excluding hydrogens is 208 g/mol. The highest BCUT2D eigenvalue weighted by Crippen LogP contribution is 2.02. The Balaban J connectivity index is 2.09. The quantitative estimate of drug-likeness (QED) is 0.650. The molecule has 1 aliphatic heterocycles. The lowest BCUT2D eigenvalue weighted by Crippen LogP contribution is -2.43. The molecule has 1 saturated heterocycles. The molecule has 1 atom stereocenters. The molecule has 0 aromatic carbocycles. The van der Waals surface area contributed by atoms with Gasteiger partial charge in [0.1, 0.15) is 0 Å². The minimum Gasteiger partial charge on any atom is -0.466 e. The first-order valence-electron chi connectivity index (χ1n) is 5.93. The average Bonchev–Trinajstić information content (AvgIpc) is 2.28. The van der Waals surface area contributed by atoms with Gasteiger partial charge in [0.25, 0.3) is 0 Å². The van der Waals surface area contributed by atoms with E-state index in [-0.39, 0.29) is 12.0 Å². The monoisotopic (exact) mass is 230 g/mol. The van der Waals surface area contributed by atoms with E-state index in [0.29, 0.717) is 19.4 Å². The van der Waals surface area contributed by atoms with E-state index in [1.165, 1.54) is 0 Å². The summed E-state index contributed by atoms with van der Waals surface area (Å²) in [5.41, 5.74) is 5.96. The lowest BCUT2D eigenvalue weighted by atomic mass is 10.1. The standard InChI is InChI=1S/C11H22N2O3/c1-2-16-11(14)4-3-10(12)9-13-5-7-15-8-6-13/h10H,2-9,12H2,1H3.